The second kappa shape index (κ2) is 5.03. The van der Waals surface area contributed by atoms with E-state index in [0.29, 0.717) is 18.3 Å². The van der Waals surface area contributed by atoms with Crippen LogP contribution in [0.4, 0.5) is 14.5 Å². The van der Waals surface area contributed by atoms with E-state index >= 15 is 0 Å². The van der Waals surface area contributed by atoms with E-state index in [9.17, 15) is 24.1 Å². The Morgan fingerprint density at radius 1 is 1.33 bits per heavy atom. The normalized spacial score (nSPS) is 10.6. The van der Waals surface area contributed by atoms with Gasteiger partial charge < -0.3 is 5.21 Å². The summed E-state index contributed by atoms with van der Waals surface area (Å²) in [5, 5.41) is 24.5. The molecule has 10 heteroatoms. The largest absolute Gasteiger partial charge is 0.722 e. The fraction of sp³-hybridized carbons (Fsp3) is 0. The lowest BCUT2D eigenvalue weighted by Gasteiger charge is -2.03. The van der Waals surface area contributed by atoms with Gasteiger partial charge in [0.05, 0.1) is 16.7 Å². The molecule has 0 aliphatic carbocycles. The third-order valence-corrected chi connectivity index (χ3v) is 1.76. The molecule has 0 fully saturated rings. The maximum Gasteiger partial charge on any atom is 0.366 e. The minimum atomic E-state index is -1.39. The molecule has 0 saturated heterocycles. The van der Waals surface area contributed by atoms with Crippen molar-refractivity contribution in [3.63, 3.8) is 0 Å². The van der Waals surface area contributed by atoms with Gasteiger partial charge in [0.25, 0.3) is 0 Å². The van der Waals surface area contributed by atoms with Gasteiger partial charge in [0.15, 0.2) is 0 Å². The molecule has 1 aromatic rings. The molecule has 96 valence electrons. The van der Waals surface area contributed by atoms with Crippen molar-refractivity contribution in [3.05, 3.63) is 44.7 Å². The highest BCUT2D eigenvalue weighted by molar-refractivity contribution is 5.85. The Morgan fingerprint density at radius 3 is 2.44 bits per heavy atom. The molecule has 0 aliphatic heterocycles. The second-order valence-electron chi connectivity index (χ2n) is 3.02. The molecule has 0 radical (unpaired) electrons. The highest BCUT2D eigenvalue weighted by Gasteiger charge is 2.20. The third-order valence-electron chi connectivity index (χ3n) is 1.76. The smallest absolute Gasteiger partial charge is 0.366 e. The van der Waals surface area contributed by atoms with Crippen molar-refractivity contribution in [1.29, 1.82) is 0 Å². The van der Waals surface area contributed by atoms with Gasteiger partial charge in [-0.05, 0) is 6.07 Å². The van der Waals surface area contributed by atoms with Crippen LogP contribution < -0.4 is 11.5 Å². The molecule has 0 aromatic heterocycles. The Morgan fingerprint density at radius 2 is 1.94 bits per heavy atom. The van der Waals surface area contributed by atoms with Gasteiger partial charge >= 0.3 is 11.6 Å². The first-order chi connectivity index (χ1) is 8.32. The first kappa shape index (κ1) is 13.3. The number of guanidine groups is 1. The number of hydrogen-bond donors (Lipinski definition) is 2. The fourth-order valence-electron chi connectivity index (χ4n) is 1.06. The van der Waals surface area contributed by atoms with Crippen LogP contribution in [-0.4, -0.2) is 21.9 Å². The van der Waals surface area contributed by atoms with Gasteiger partial charge in [-0.3, -0.25) is 21.6 Å². The number of hydrazone groups is 1. The quantitative estimate of drug-likeness (QED) is 0.196. The zero-order valence-electron chi connectivity index (χ0n) is 8.71. The zero-order valence-corrected chi connectivity index (χ0v) is 8.71. The number of hydrogen-bond acceptors (Lipinski definition) is 4. The van der Waals surface area contributed by atoms with Crippen molar-refractivity contribution in [2.75, 3.05) is 0 Å². The van der Waals surface area contributed by atoms with Gasteiger partial charge in [-0.1, -0.05) is 0 Å². The van der Waals surface area contributed by atoms with Crippen LogP contribution in [0.3, 0.4) is 0 Å². The van der Waals surface area contributed by atoms with E-state index in [4.69, 9.17) is 11.5 Å². The number of halogens is 2. The Balaban J connectivity index is 3.32. The first-order valence-corrected chi connectivity index (χ1v) is 4.35. The molecule has 1 aromatic carbocycles. The van der Waals surface area contributed by atoms with Crippen molar-refractivity contribution in [2.24, 2.45) is 16.6 Å². The maximum absolute atomic E-state index is 13.2. The molecule has 0 aliphatic rings. The Hall–Kier alpha value is -2.78. The van der Waals surface area contributed by atoms with Crippen LogP contribution in [-0.2, 0) is 0 Å². The van der Waals surface area contributed by atoms with Gasteiger partial charge in [0, 0.05) is 6.07 Å². The van der Waals surface area contributed by atoms with E-state index in [1.165, 1.54) is 0 Å². The molecular formula is C8H7F2N5O3. The maximum atomic E-state index is 13.2. The van der Waals surface area contributed by atoms with Crippen molar-refractivity contribution in [2.45, 2.75) is 0 Å². The molecule has 0 atom stereocenters. The summed E-state index contributed by atoms with van der Waals surface area (Å²) in [6.45, 7) is 0. The van der Waals surface area contributed by atoms with Crippen molar-refractivity contribution < 1.29 is 18.6 Å². The van der Waals surface area contributed by atoms with E-state index < -0.39 is 33.8 Å². The SMILES string of the molecule is NC(N)=[N+]([O-])/N=C/c1cc(F)cc(F)c1[N+](=O)[O-]. The van der Waals surface area contributed by atoms with E-state index in [1.807, 2.05) is 0 Å². The second-order valence-corrected chi connectivity index (χ2v) is 3.02. The summed E-state index contributed by atoms with van der Waals surface area (Å²) in [5.74, 6) is -3.17. The van der Waals surface area contributed by atoms with Crippen LogP contribution in [0.25, 0.3) is 0 Å². The van der Waals surface area contributed by atoms with Crippen LogP contribution in [0.5, 0.6) is 0 Å². The lowest BCUT2D eigenvalue weighted by atomic mass is 10.2. The van der Waals surface area contributed by atoms with E-state index in [0.717, 1.165) is 0 Å². The number of nitrogens with two attached hydrogens (primary N) is 2. The summed E-state index contributed by atoms with van der Waals surface area (Å²) in [7, 11) is 0. The van der Waals surface area contributed by atoms with Gasteiger partial charge in [-0.15, -0.1) is 9.95 Å². The van der Waals surface area contributed by atoms with Crippen molar-refractivity contribution in [1.82, 2.24) is 0 Å². The summed E-state index contributed by atoms with van der Waals surface area (Å²) in [4.78, 5) is 9.24. The summed E-state index contributed by atoms with van der Waals surface area (Å²) in [6.07, 6.45) is 0.580. The molecule has 8 nitrogen and oxygen atoms in total. The predicted molar refractivity (Wildman–Crippen MR) is 57.6 cm³/mol. The standard InChI is InChI=1S/C8H7F2N5O3/c9-5-1-4(3-13-14(16)8(11)12)7(15(17)18)6(10)2-5/h1-3H,11-12H2/b13-3+. The molecule has 0 unspecified atom stereocenters. The first-order valence-electron chi connectivity index (χ1n) is 4.35. The van der Waals surface area contributed by atoms with Crippen LogP contribution in [0, 0.1) is 27.0 Å². The Bertz CT molecular complexity index is 554. The number of nitro benzene ring substituents is 1. The van der Waals surface area contributed by atoms with Gasteiger partial charge in [0.2, 0.25) is 5.82 Å². The summed E-state index contributed by atoms with van der Waals surface area (Å²) < 4.78 is 26.0. The molecule has 0 spiro atoms. The molecule has 18 heavy (non-hydrogen) atoms. The van der Waals surface area contributed by atoms with E-state index in [2.05, 4.69) is 5.10 Å². The van der Waals surface area contributed by atoms with Gasteiger partial charge in [0.1, 0.15) is 5.82 Å². The lowest BCUT2D eigenvalue weighted by molar-refractivity contribution is -0.464. The molecule has 4 N–H and O–H groups in total. The highest BCUT2D eigenvalue weighted by atomic mass is 19.1. The molecular weight excluding hydrogens is 252 g/mol. The van der Waals surface area contributed by atoms with Crippen molar-refractivity contribution >= 4 is 17.9 Å². The van der Waals surface area contributed by atoms with Crippen LogP contribution in [0.1, 0.15) is 5.56 Å². The monoisotopic (exact) mass is 259 g/mol. The Kier molecular flexibility index (Phi) is 3.72. The van der Waals surface area contributed by atoms with Crippen LogP contribution >= 0.6 is 0 Å². The Labute approximate surface area is 98.5 Å². The number of benzene rings is 1. The molecule has 0 bridgehead atoms. The topological polar surface area (TPSA) is 134 Å². The average molecular weight is 259 g/mol. The number of nitro groups is 1. The van der Waals surface area contributed by atoms with E-state index in [-0.39, 0.29) is 4.85 Å². The van der Waals surface area contributed by atoms with Crippen LogP contribution in [0.2, 0.25) is 0 Å². The van der Waals surface area contributed by atoms with Gasteiger partial charge in [-0.2, -0.15) is 4.39 Å². The minimum absolute atomic E-state index is 0.257. The summed E-state index contributed by atoms with van der Waals surface area (Å²) in [6, 6.07) is 0.985. The number of rotatable bonds is 3. The number of nitrogens with zero attached hydrogens (tertiary/aromatic N) is 3. The summed E-state index contributed by atoms with van der Waals surface area (Å²) in [5.41, 5.74) is 8.20. The molecule has 1 rings (SSSR count). The van der Waals surface area contributed by atoms with Gasteiger partial charge in [-0.25, -0.2) is 4.39 Å². The zero-order chi connectivity index (χ0) is 13.9. The van der Waals surface area contributed by atoms with E-state index in [1.54, 1.807) is 0 Å². The van der Waals surface area contributed by atoms with Crippen LogP contribution in [0.15, 0.2) is 17.2 Å². The highest BCUT2D eigenvalue weighted by Crippen LogP contribution is 2.22. The average Bonchev–Trinajstić information content (AvgIpc) is 2.23. The molecule has 0 amide bonds. The predicted octanol–water partition coefficient (Wildman–Crippen LogP) is -0.00940. The van der Waals surface area contributed by atoms with Crippen molar-refractivity contribution in [3.8, 4) is 0 Å². The fourth-order valence-corrected chi connectivity index (χ4v) is 1.06. The molecule has 0 saturated carbocycles. The lowest BCUT2D eigenvalue weighted by Crippen LogP contribution is -2.30. The third kappa shape index (κ3) is 2.87. The minimum Gasteiger partial charge on any atom is -0.722 e. The molecule has 0 heterocycles. The summed E-state index contributed by atoms with van der Waals surface area (Å²) >= 11 is 0.